The van der Waals surface area contributed by atoms with Crippen LogP contribution < -0.4 is 15.4 Å². The predicted octanol–water partition coefficient (Wildman–Crippen LogP) is 3.58. The van der Waals surface area contributed by atoms with Crippen LogP contribution >= 0.6 is 24.0 Å². The smallest absolute Gasteiger partial charge is 0.191 e. The quantitative estimate of drug-likeness (QED) is 0.291. The number of guanidine groups is 1. The lowest BCUT2D eigenvalue weighted by Gasteiger charge is -2.26. The van der Waals surface area contributed by atoms with Crippen molar-refractivity contribution in [1.29, 1.82) is 0 Å². The van der Waals surface area contributed by atoms with Crippen molar-refractivity contribution in [3.05, 3.63) is 65.2 Å². The molecule has 1 fully saturated rings. The van der Waals surface area contributed by atoms with Crippen molar-refractivity contribution in [3.8, 4) is 5.75 Å². The first-order valence-corrected chi connectivity index (χ1v) is 10.8. The van der Waals surface area contributed by atoms with Gasteiger partial charge in [-0.2, -0.15) is 0 Å². The van der Waals surface area contributed by atoms with Crippen molar-refractivity contribution < 1.29 is 9.47 Å². The molecule has 0 atom stereocenters. The van der Waals surface area contributed by atoms with Gasteiger partial charge in [0.1, 0.15) is 12.4 Å². The number of ether oxygens (including phenoxy) is 2. The third-order valence-electron chi connectivity index (χ3n) is 5.20. The van der Waals surface area contributed by atoms with E-state index in [0.29, 0.717) is 13.2 Å². The maximum absolute atomic E-state index is 6.08. The highest BCUT2D eigenvalue weighted by Gasteiger charge is 2.10. The lowest BCUT2D eigenvalue weighted by atomic mass is 10.1. The number of aryl methyl sites for hydroxylation is 1. The molecule has 2 aromatic carbocycles. The van der Waals surface area contributed by atoms with Gasteiger partial charge in [0, 0.05) is 38.3 Å². The molecule has 6 nitrogen and oxygen atoms in total. The van der Waals surface area contributed by atoms with Crippen LogP contribution in [0.15, 0.2) is 53.5 Å². The van der Waals surface area contributed by atoms with Crippen LogP contribution in [0.2, 0.25) is 0 Å². The first kappa shape index (κ1) is 25.4. The number of morpholine rings is 1. The normalized spacial score (nSPS) is 14.6. The third-order valence-corrected chi connectivity index (χ3v) is 5.20. The molecule has 1 aliphatic rings. The maximum atomic E-state index is 6.08. The number of rotatable bonds is 9. The molecule has 1 aliphatic heterocycles. The van der Waals surface area contributed by atoms with Gasteiger partial charge in [-0.15, -0.1) is 24.0 Å². The molecule has 0 amide bonds. The second kappa shape index (κ2) is 14.3. The Balaban J connectivity index is 0.00000341. The minimum absolute atomic E-state index is 0. The number of aliphatic imine (C=N–C) groups is 1. The summed E-state index contributed by atoms with van der Waals surface area (Å²) in [7, 11) is 0. The van der Waals surface area contributed by atoms with Crippen molar-refractivity contribution in [2.45, 2.75) is 26.9 Å². The second-order valence-corrected chi connectivity index (χ2v) is 7.39. The summed E-state index contributed by atoms with van der Waals surface area (Å²) in [6.45, 7) is 11.5. The summed E-state index contributed by atoms with van der Waals surface area (Å²) >= 11 is 0. The van der Waals surface area contributed by atoms with E-state index in [2.05, 4.69) is 59.7 Å². The number of para-hydroxylation sites is 1. The Bertz CT molecular complexity index is 810. The number of hydrogen-bond acceptors (Lipinski definition) is 4. The number of nitrogens with one attached hydrogen (secondary N) is 2. The lowest BCUT2D eigenvalue weighted by molar-refractivity contribution is 0.0322. The Kier molecular flexibility index (Phi) is 11.7. The molecule has 2 N–H and O–H groups in total. The lowest BCUT2D eigenvalue weighted by Crippen LogP contribution is -2.38. The highest BCUT2D eigenvalue weighted by molar-refractivity contribution is 14.0. The van der Waals surface area contributed by atoms with Crippen LogP contribution in [-0.4, -0.2) is 56.9 Å². The molecule has 0 saturated carbocycles. The van der Waals surface area contributed by atoms with Crippen molar-refractivity contribution >= 4 is 29.9 Å². The summed E-state index contributed by atoms with van der Waals surface area (Å²) in [6.07, 6.45) is 0. The molecule has 1 heterocycles. The molecule has 2 aromatic rings. The van der Waals surface area contributed by atoms with Crippen LogP contribution in [0.25, 0.3) is 0 Å². The molecular formula is C24H35IN4O2. The van der Waals surface area contributed by atoms with Gasteiger partial charge in [-0.1, -0.05) is 42.5 Å². The van der Waals surface area contributed by atoms with Gasteiger partial charge in [0.25, 0.3) is 0 Å². The van der Waals surface area contributed by atoms with Gasteiger partial charge in [0.05, 0.1) is 19.8 Å². The average molecular weight is 538 g/mol. The van der Waals surface area contributed by atoms with Gasteiger partial charge in [0.2, 0.25) is 0 Å². The molecule has 0 radical (unpaired) electrons. The van der Waals surface area contributed by atoms with Gasteiger partial charge >= 0.3 is 0 Å². The molecule has 0 spiro atoms. The van der Waals surface area contributed by atoms with E-state index in [1.165, 1.54) is 11.1 Å². The van der Waals surface area contributed by atoms with Crippen LogP contribution in [0, 0.1) is 6.92 Å². The second-order valence-electron chi connectivity index (χ2n) is 7.39. The summed E-state index contributed by atoms with van der Waals surface area (Å²) in [6, 6.07) is 16.6. The van der Waals surface area contributed by atoms with Gasteiger partial charge in [0.15, 0.2) is 5.96 Å². The first-order chi connectivity index (χ1) is 14.8. The van der Waals surface area contributed by atoms with Crippen LogP contribution in [0.4, 0.5) is 0 Å². The SMILES string of the molecule is CCNC(=NCc1ccccc1OCCN1CCOCC1)NCc1ccccc1C.I. The highest BCUT2D eigenvalue weighted by Crippen LogP contribution is 2.19. The molecule has 3 rings (SSSR count). The number of halogens is 1. The predicted molar refractivity (Wildman–Crippen MR) is 137 cm³/mol. The number of benzene rings is 2. The molecule has 0 bridgehead atoms. The van der Waals surface area contributed by atoms with E-state index >= 15 is 0 Å². The minimum atomic E-state index is 0. The monoisotopic (exact) mass is 538 g/mol. The molecule has 31 heavy (non-hydrogen) atoms. The highest BCUT2D eigenvalue weighted by atomic mass is 127. The number of nitrogens with zero attached hydrogens (tertiary/aromatic N) is 2. The van der Waals surface area contributed by atoms with Crippen molar-refractivity contribution in [2.75, 3.05) is 46.0 Å². The fourth-order valence-electron chi connectivity index (χ4n) is 3.38. The van der Waals surface area contributed by atoms with Crippen molar-refractivity contribution in [1.82, 2.24) is 15.5 Å². The zero-order chi connectivity index (χ0) is 21.0. The van der Waals surface area contributed by atoms with Crippen molar-refractivity contribution in [3.63, 3.8) is 0 Å². The zero-order valence-electron chi connectivity index (χ0n) is 18.6. The minimum Gasteiger partial charge on any atom is -0.492 e. The molecule has 1 saturated heterocycles. The molecule has 0 unspecified atom stereocenters. The number of hydrogen-bond donors (Lipinski definition) is 2. The van der Waals surface area contributed by atoms with Crippen molar-refractivity contribution in [2.24, 2.45) is 4.99 Å². The summed E-state index contributed by atoms with van der Waals surface area (Å²) in [5.41, 5.74) is 3.64. The van der Waals surface area contributed by atoms with E-state index in [0.717, 1.165) is 63.2 Å². The van der Waals surface area contributed by atoms with Gasteiger partial charge in [-0.05, 0) is 31.0 Å². The van der Waals surface area contributed by atoms with E-state index in [9.17, 15) is 0 Å². The van der Waals surface area contributed by atoms with E-state index < -0.39 is 0 Å². The fourth-order valence-corrected chi connectivity index (χ4v) is 3.38. The Hall–Kier alpha value is -1.84. The first-order valence-electron chi connectivity index (χ1n) is 10.8. The fraction of sp³-hybridized carbons (Fsp3) is 0.458. The van der Waals surface area contributed by atoms with E-state index in [1.807, 2.05) is 18.2 Å². The Morgan fingerprint density at radius 2 is 1.74 bits per heavy atom. The Morgan fingerprint density at radius 3 is 2.48 bits per heavy atom. The summed E-state index contributed by atoms with van der Waals surface area (Å²) in [5.74, 6) is 1.72. The average Bonchev–Trinajstić information content (AvgIpc) is 2.78. The van der Waals surface area contributed by atoms with Gasteiger partial charge in [-0.25, -0.2) is 4.99 Å². The van der Waals surface area contributed by atoms with Gasteiger partial charge in [-0.3, -0.25) is 4.90 Å². The molecule has 7 heteroatoms. The third kappa shape index (κ3) is 8.66. The summed E-state index contributed by atoms with van der Waals surface area (Å²) < 4.78 is 11.5. The van der Waals surface area contributed by atoms with Crippen LogP contribution in [-0.2, 0) is 17.8 Å². The zero-order valence-corrected chi connectivity index (χ0v) is 20.9. The van der Waals surface area contributed by atoms with E-state index in [1.54, 1.807) is 0 Å². The Labute approximate surface area is 203 Å². The van der Waals surface area contributed by atoms with Gasteiger partial charge < -0.3 is 20.1 Å². The van der Waals surface area contributed by atoms with Crippen LogP contribution in [0.3, 0.4) is 0 Å². The van der Waals surface area contributed by atoms with Crippen LogP contribution in [0.5, 0.6) is 5.75 Å². The standard InChI is InChI=1S/C24H34N4O2.HI/c1-3-25-24(26-18-21-9-5-4-8-20(21)2)27-19-22-10-6-7-11-23(22)30-17-14-28-12-15-29-16-13-28;/h4-11H,3,12-19H2,1-2H3,(H2,25,26,27);1H. The molecule has 170 valence electrons. The molecule has 0 aliphatic carbocycles. The summed E-state index contributed by atoms with van der Waals surface area (Å²) in [5, 5.41) is 6.76. The van der Waals surface area contributed by atoms with Crippen LogP contribution in [0.1, 0.15) is 23.6 Å². The topological polar surface area (TPSA) is 58.1 Å². The van der Waals surface area contributed by atoms with E-state index in [-0.39, 0.29) is 24.0 Å². The Morgan fingerprint density at radius 1 is 1.03 bits per heavy atom. The summed E-state index contributed by atoms with van der Waals surface area (Å²) in [4.78, 5) is 7.15. The van der Waals surface area contributed by atoms with E-state index in [4.69, 9.17) is 14.5 Å². The largest absolute Gasteiger partial charge is 0.492 e. The molecular weight excluding hydrogens is 503 g/mol. The maximum Gasteiger partial charge on any atom is 0.191 e. The molecule has 0 aromatic heterocycles.